The van der Waals surface area contributed by atoms with E-state index in [0.717, 1.165) is 9.26 Å². The number of anilines is 1. The Kier molecular flexibility index (Phi) is 4.75. The summed E-state index contributed by atoms with van der Waals surface area (Å²) in [4.78, 5) is 16.5. The van der Waals surface area contributed by atoms with E-state index in [1.165, 1.54) is 5.56 Å². The molecule has 0 fully saturated rings. The number of aromatic nitrogens is 1. The van der Waals surface area contributed by atoms with Gasteiger partial charge in [-0.1, -0.05) is 26.0 Å². The van der Waals surface area contributed by atoms with Crippen LogP contribution in [0.5, 0.6) is 0 Å². The number of benzene rings is 1. The third-order valence-corrected chi connectivity index (χ3v) is 4.24. The molecule has 0 aliphatic carbocycles. The Morgan fingerprint density at radius 2 is 1.80 bits per heavy atom. The molecule has 0 aliphatic rings. The van der Waals surface area contributed by atoms with Crippen LogP contribution < -0.4 is 5.32 Å². The summed E-state index contributed by atoms with van der Waals surface area (Å²) in [6, 6.07) is 11.4. The van der Waals surface area contributed by atoms with Gasteiger partial charge >= 0.3 is 0 Å². The summed E-state index contributed by atoms with van der Waals surface area (Å²) in [5.74, 6) is 0.918. The van der Waals surface area contributed by atoms with E-state index < -0.39 is 0 Å². The summed E-state index contributed by atoms with van der Waals surface area (Å²) in [6.45, 7) is 6.19. The summed E-state index contributed by atoms with van der Waals surface area (Å²) < 4.78 is 1.09. The predicted octanol–water partition coefficient (Wildman–Crippen LogP) is 4.37. The van der Waals surface area contributed by atoms with Gasteiger partial charge in [-0.2, -0.15) is 0 Å². The van der Waals surface area contributed by atoms with Gasteiger partial charge in [0.2, 0.25) is 0 Å². The number of halogens is 1. The van der Waals surface area contributed by atoms with Crippen LogP contribution in [0.3, 0.4) is 0 Å². The van der Waals surface area contributed by atoms with Gasteiger partial charge in [-0.25, -0.2) is 4.98 Å². The van der Waals surface area contributed by atoms with Crippen LogP contribution in [0, 0.1) is 10.5 Å². The number of rotatable bonds is 3. The average molecular weight is 380 g/mol. The van der Waals surface area contributed by atoms with Crippen molar-refractivity contribution in [2.75, 3.05) is 5.32 Å². The van der Waals surface area contributed by atoms with Crippen molar-refractivity contribution in [1.29, 1.82) is 0 Å². The Hall–Kier alpha value is -1.43. The number of nitrogens with one attached hydrogen (secondary N) is 1. The van der Waals surface area contributed by atoms with Gasteiger partial charge in [-0.05, 0) is 65.3 Å². The van der Waals surface area contributed by atoms with Crippen LogP contribution in [0.15, 0.2) is 36.4 Å². The van der Waals surface area contributed by atoms with E-state index in [1.807, 2.05) is 43.3 Å². The summed E-state index contributed by atoms with van der Waals surface area (Å²) in [5.41, 5.74) is 2.79. The largest absolute Gasteiger partial charge is 0.307 e. The third kappa shape index (κ3) is 3.56. The molecule has 2 aromatic rings. The first-order chi connectivity index (χ1) is 9.47. The molecule has 0 saturated carbocycles. The fourth-order valence-electron chi connectivity index (χ4n) is 1.82. The Labute approximate surface area is 133 Å². The summed E-state index contributed by atoms with van der Waals surface area (Å²) in [6.07, 6.45) is 0. The minimum Gasteiger partial charge on any atom is -0.307 e. The molecule has 1 aromatic heterocycles. The Balaban J connectivity index is 2.13. The molecule has 0 aliphatic heterocycles. The van der Waals surface area contributed by atoms with Crippen LogP contribution in [0.4, 0.5) is 5.82 Å². The number of hydrogen-bond acceptors (Lipinski definition) is 2. The smallest absolute Gasteiger partial charge is 0.256 e. The lowest BCUT2D eigenvalue weighted by atomic mass is 10.0. The lowest BCUT2D eigenvalue weighted by molar-refractivity contribution is 0.102. The van der Waals surface area contributed by atoms with E-state index in [2.05, 4.69) is 46.7 Å². The first kappa shape index (κ1) is 15.0. The van der Waals surface area contributed by atoms with Gasteiger partial charge in [0, 0.05) is 9.13 Å². The molecule has 0 atom stereocenters. The Bertz CT molecular complexity index is 621. The Morgan fingerprint density at radius 1 is 1.15 bits per heavy atom. The molecule has 1 N–H and O–H groups in total. The summed E-state index contributed by atoms with van der Waals surface area (Å²) in [7, 11) is 0. The lowest BCUT2D eigenvalue weighted by Crippen LogP contribution is -2.13. The standard InChI is InChI=1S/C16H17IN2O/c1-10(2)12-4-6-13(7-5-12)16(20)19-15-9-8-14(17)11(3)18-15/h4-10H,1-3H3,(H,18,19,20). The summed E-state index contributed by atoms with van der Waals surface area (Å²) >= 11 is 2.22. The van der Waals surface area contributed by atoms with Gasteiger partial charge in [-0.3, -0.25) is 4.79 Å². The molecular formula is C16H17IN2O. The van der Waals surface area contributed by atoms with Crippen LogP contribution in [0.1, 0.15) is 41.4 Å². The molecule has 2 rings (SSSR count). The number of carbonyl (C=O) groups is 1. The molecule has 1 heterocycles. The number of hydrogen-bond donors (Lipinski definition) is 1. The molecular weight excluding hydrogens is 363 g/mol. The van der Waals surface area contributed by atoms with Crippen molar-refractivity contribution in [2.24, 2.45) is 0 Å². The van der Waals surface area contributed by atoms with E-state index in [0.29, 0.717) is 17.3 Å². The summed E-state index contributed by atoms with van der Waals surface area (Å²) in [5, 5.41) is 2.82. The minimum atomic E-state index is -0.131. The maximum Gasteiger partial charge on any atom is 0.256 e. The fourth-order valence-corrected chi connectivity index (χ4v) is 2.12. The van der Waals surface area contributed by atoms with Crippen molar-refractivity contribution in [3.05, 3.63) is 56.8 Å². The van der Waals surface area contributed by atoms with Crippen molar-refractivity contribution in [3.8, 4) is 0 Å². The third-order valence-electron chi connectivity index (χ3n) is 3.10. The van der Waals surface area contributed by atoms with Gasteiger partial charge in [0.1, 0.15) is 5.82 Å². The van der Waals surface area contributed by atoms with Gasteiger partial charge in [-0.15, -0.1) is 0 Å². The molecule has 0 spiro atoms. The van der Waals surface area contributed by atoms with Gasteiger partial charge < -0.3 is 5.32 Å². The normalized spacial score (nSPS) is 10.7. The second-order valence-corrected chi connectivity index (χ2v) is 6.16. The average Bonchev–Trinajstić information content (AvgIpc) is 2.43. The highest BCUT2D eigenvalue weighted by Crippen LogP contribution is 2.16. The van der Waals surface area contributed by atoms with E-state index in [9.17, 15) is 4.79 Å². The SMILES string of the molecule is Cc1nc(NC(=O)c2ccc(C(C)C)cc2)ccc1I. The highest BCUT2D eigenvalue weighted by molar-refractivity contribution is 14.1. The quantitative estimate of drug-likeness (QED) is 0.804. The number of carbonyl (C=O) groups excluding carboxylic acids is 1. The molecule has 4 heteroatoms. The maximum atomic E-state index is 12.1. The van der Waals surface area contributed by atoms with Crippen molar-refractivity contribution >= 4 is 34.3 Å². The topological polar surface area (TPSA) is 42.0 Å². The van der Waals surface area contributed by atoms with Crippen molar-refractivity contribution in [1.82, 2.24) is 4.98 Å². The molecule has 0 bridgehead atoms. The van der Waals surface area contributed by atoms with E-state index in [-0.39, 0.29) is 5.91 Å². The Morgan fingerprint density at radius 3 is 2.35 bits per heavy atom. The number of amides is 1. The van der Waals surface area contributed by atoms with E-state index in [1.54, 1.807) is 0 Å². The van der Waals surface area contributed by atoms with E-state index in [4.69, 9.17) is 0 Å². The van der Waals surface area contributed by atoms with Crippen LogP contribution in [0.25, 0.3) is 0 Å². The minimum absolute atomic E-state index is 0.131. The van der Waals surface area contributed by atoms with Crippen LogP contribution in [-0.2, 0) is 0 Å². The number of aryl methyl sites for hydroxylation is 1. The predicted molar refractivity (Wildman–Crippen MR) is 90.2 cm³/mol. The fraction of sp³-hybridized carbons (Fsp3) is 0.250. The van der Waals surface area contributed by atoms with Gasteiger partial charge in [0.15, 0.2) is 0 Å². The first-order valence-corrected chi connectivity index (χ1v) is 7.59. The molecule has 1 aromatic carbocycles. The highest BCUT2D eigenvalue weighted by Gasteiger charge is 2.08. The maximum absolute atomic E-state index is 12.1. The monoisotopic (exact) mass is 380 g/mol. The van der Waals surface area contributed by atoms with Crippen molar-refractivity contribution in [3.63, 3.8) is 0 Å². The van der Waals surface area contributed by atoms with E-state index >= 15 is 0 Å². The molecule has 20 heavy (non-hydrogen) atoms. The molecule has 0 saturated heterocycles. The zero-order valence-corrected chi connectivity index (χ0v) is 13.9. The van der Waals surface area contributed by atoms with Crippen molar-refractivity contribution in [2.45, 2.75) is 26.7 Å². The second-order valence-electron chi connectivity index (χ2n) is 4.99. The van der Waals surface area contributed by atoms with Crippen LogP contribution >= 0.6 is 22.6 Å². The first-order valence-electron chi connectivity index (χ1n) is 6.52. The van der Waals surface area contributed by atoms with Gasteiger partial charge in [0.25, 0.3) is 5.91 Å². The van der Waals surface area contributed by atoms with Crippen LogP contribution in [0.2, 0.25) is 0 Å². The zero-order chi connectivity index (χ0) is 14.7. The van der Waals surface area contributed by atoms with Gasteiger partial charge in [0.05, 0.1) is 5.69 Å². The molecule has 0 radical (unpaired) electrons. The number of pyridine rings is 1. The molecule has 3 nitrogen and oxygen atoms in total. The molecule has 104 valence electrons. The second kappa shape index (κ2) is 6.35. The van der Waals surface area contributed by atoms with Crippen LogP contribution in [-0.4, -0.2) is 10.9 Å². The van der Waals surface area contributed by atoms with Crippen molar-refractivity contribution < 1.29 is 4.79 Å². The zero-order valence-electron chi connectivity index (χ0n) is 11.8. The molecule has 0 unspecified atom stereocenters. The highest BCUT2D eigenvalue weighted by atomic mass is 127. The molecule has 1 amide bonds. The lowest BCUT2D eigenvalue weighted by Gasteiger charge is -2.08. The number of nitrogens with zero attached hydrogens (tertiary/aromatic N) is 1.